The largest absolute Gasteiger partial charge is 0.392 e. The van der Waals surface area contributed by atoms with Crippen molar-refractivity contribution in [3.05, 3.63) is 0 Å². The Morgan fingerprint density at radius 2 is 1.79 bits per heavy atom. The molecule has 0 saturated carbocycles. The highest BCUT2D eigenvalue weighted by Gasteiger charge is 2.28. The molecule has 0 aromatic heterocycles. The molecule has 0 amide bonds. The summed E-state index contributed by atoms with van der Waals surface area (Å²) in [6, 6.07) is 0. The van der Waals surface area contributed by atoms with Crippen molar-refractivity contribution in [1.82, 2.24) is 4.90 Å². The molecule has 1 saturated heterocycles. The summed E-state index contributed by atoms with van der Waals surface area (Å²) in [5, 5.41) is 9.96. The molecule has 0 aromatic rings. The Hall–Kier alpha value is -0.0800. The van der Waals surface area contributed by atoms with Crippen LogP contribution < -0.4 is 0 Å². The quantitative estimate of drug-likeness (QED) is 0.708. The van der Waals surface area contributed by atoms with Gasteiger partial charge in [0, 0.05) is 19.6 Å². The molecule has 1 atom stereocenters. The molecule has 0 bridgehead atoms. The van der Waals surface area contributed by atoms with E-state index in [0.29, 0.717) is 5.92 Å². The Morgan fingerprint density at radius 1 is 1.21 bits per heavy atom. The van der Waals surface area contributed by atoms with E-state index in [1.165, 1.54) is 19.5 Å². The second kappa shape index (κ2) is 5.72. The molecule has 1 unspecified atom stereocenters. The maximum Gasteiger partial charge on any atom is 0.0695 e. The number of nitrogens with zero attached hydrogens (tertiary/aromatic N) is 1. The first-order valence-electron chi connectivity index (χ1n) is 6.11. The number of likely N-dealkylation sites (tertiary alicyclic amines) is 1. The van der Waals surface area contributed by atoms with E-state index in [1.54, 1.807) is 0 Å². The summed E-state index contributed by atoms with van der Waals surface area (Å²) in [7, 11) is 0. The Labute approximate surface area is 88.3 Å². The van der Waals surface area contributed by atoms with Crippen molar-refractivity contribution < 1.29 is 5.11 Å². The van der Waals surface area contributed by atoms with Gasteiger partial charge in [0.05, 0.1) is 6.10 Å². The molecule has 1 fully saturated rings. The average Bonchev–Trinajstić information content (AvgIpc) is 2.12. The number of hydrogen-bond acceptors (Lipinski definition) is 2. The van der Waals surface area contributed by atoms with Crippen molar-refractivity contribution in [3.63, 3.8) is 0 Å². The SMILES string of the molecule is CCC1CN(CC(O)C(CC)CC)C1. The van der Waals surface area contributed by atoms with Crippen molar-refractivity contribution in [2.45, 2.75) is 46.1 Å². The monoisotopic (exact) mass is 199 g/mol. The lowest BCUT2D eigenvalue weighted by Gasteiger charge is -2.41. The molecule has 0 aromatic carbocycles. The van der Waals surface area contributed by atoms with Gasteiger partial charge >= 0.3 is 0 Å². The molecule has 2 nitrogen and oxygen atoms in total. The minimum Gasteiger partial charge on any atom is -0.392 e. The molecule has 1 rings (SSSR count). The molecule has 2 heteroatoms. The van der Waals surface area contributed by atoms with Crippen LogP contribution in [-0.2, 0) is 0 Å². The van der Waals surface area contributed by atoms with Crippen LogP contribution in [0.5, 0.6) is 0 Å². The predicted molar refractivity (Wildman–Crippen MR) is 60.3 cm³/mol. The van der Waals surface area contributed by atoms with Crippen LogP contribution in [0.3, 0.4) is 0 Å². The smallest absolute Gasteiger partial charge is 0.0695 e. The predicted octanol–water partition coefficient (Wildman–Crippen LogP) is 2.13. The van der Waals surface area contributed by atoms with Crippen LogP contribution in [0.15, 0.2) is 0 Å². The highest BCUT2D eigenvalue weighted by molar-refractivity contribution is 4.81. The summed E-state index contributed by atoms with van der Waals surface area (Å²) in [6.07, 6.45) is 3.38. The maximum atomic E-state index is 9.96. The van der Waals surface area contributed by atoms with Crippen LogP contribution in [0.4, 0.5) is 0 Å². The van der Waals surface area contributed by atoms with Crippen LogP contribution in [0.25, 0.3) is 0 Å². The van der Waals surface area contributed by atoms with Gasteiger partial charge in [0.2, 0.25) is 0 Å². The fourth-order valence-electron chi connectivity index (χ4n) is 2.33. The van der Waals surface area contributed by atoms with Gasteiger partial charge in [-0.2, -0.15) is 0 Å². The van der Waals surface area contributed by atoms with E-state index >= 15 is 0 Å². The molecular weight excluding hydrogens is 174 g/mol. The van der Waals surface area contributed by atoms with E-state index in [9.17, 15) is 5.11 Å². The van der Waals surface area contributed by atoms with Gasteiger partial charge in [-0.3, -0.25) is 0 Å². The van der Waals surface area contributed by atoms with Crippen LogP contribution in [0, 0.1) is 11.8 Å². The van der Waals surface area contributed by atoms with Crippen LogP contribution >= 0.6 is 0 Å². The summed E-state index contributed by atoms with van der Waals surface area (Å²) in [5.41, 5.74) is 0. The number of hydrogen-bond donors (Lipinski definition) is 1. The molecular formula is C12H25NO. The van der Waals surface area contributed by atoms with Crippen LogP contribution in [-0.4, -0.2) is 35.7 Å². The summed E-state index contributed by atoms with van der Waals surface area (Å²) in [5.74, 6) is 1.39. The molecule has 0 aliphatic carbocycles. The maximum absolute atomic E-state index is 9.96. The van der Waals surface area contributed by atoms with Gasteiger partial charge in [-0.1, -0.05) is 40.0 Å². The minimum atomic E-state index is -0.109. The zero-order valence-corrected chi connectivity index (χ0v) is 9.87. The number of β-amino-alcohol motifs (C(OH)–C–C–N with tert-alkyl or cyclic N) is 1. The Kier molecular flexibility index (Phi) is 4.90. The molecule has 14 heavy (non-hydrogen) atoms. The van der Waals surface area contributed by atoms with E-state index < -0.39 is 0 Å². The van der Waals surface area contributed by atoms with Gasteiger partial charge in [0.1, 0.15) is 0 Å². The molecule has 0 spiro atoms. The lowest BCUT2D eigenvalue weighted by molar-refractivity contribution is 0.0112. The van der Waals surface area contributed by atoms with Crippen molar-refractivity contribution >= 4 is 0 Å². The first-order chi connectivity index (χ1) is 6.71. The third kappa shape index (κ3) is 2.96. The molecule has 1 N–H and O–H groups in total. The van der Waals surface area contributed by atoms with Crippen molar-refractivity contribution in [2.24, 2.45) is 11.8 Å². The van der Waals surface area contributed by atoms with Gasteiger partial charge in [0.15, 0.2) is 0 Å². The van der Waals surface area contributed by atoms with Gasteiger partial charge in [-0.15, -0.1) is 0 Å². The molecule has 1 aliphatic rings. The summed E-state index contributed by atoms with van der Waals surface area (Å²) in [6.45, 7) is 9.88. The molecule has 1 heterocycles. The number of aliphatic hydroxyl groups excluding tert-OH is 1. The van der Waals surface area contributed by atoms with Crippen LogP contribution in [0.2, 0.25) is 0 Å². The van der Waals surface area contributed by atoms with Gasteiger partial charge in [-0.25, -0.2) is 0 Å². The summed E-state index contributed by atoms with van der Waals surface area (Å²) < 4.78 is 0. The van der Waals surface area contributed by atoms with E-state index in [-0.39, 0.29) is 6.10 Å². The Balaban J connectivity index is 2.18. The molecule has 84 valence electrons. The lowest BCUT2D eigenvalue weighted by atomic mass is 9.92. The van der Waals surface area contributed by atoms with Gasteiger partial charge in [-0.05, 0) is 11.8 Å². The molecule has 0 radical (unpaired) electrons. The lowest BCUT2D eigenvalue weighted by Crippen LogP contribution is -2.50. The first-order valence-corrected chi connectivity index (χ1v) is 6.11. The summed E-state index contributed by atoms with van der Waals surface area (Å²) >= 11 is 0. The highest BCUT2D eigenvalue weighted by Crippen LogP contribution is 2.21. The third-order valence-corrected chi connectivity index (χ3v) is 3.65. The fourth-order valence-corrected chi connectivity index (χ4v) is 2.33. The Morgan fingerprint density at radius 3 is 2.21 bits per heavy atom. The normalized spacial score (nSPS) is 21.2. The zero-order chi connectivity index (χ0) is 10.6. The fraction of sp³-hybridized carbons (Fsp3) is 1.00. The van der Waals surface area contributed by atoms with Crippen molar-refractivity contribution in [1.29, 1.82) is 0 Å². The topological polar surface area (TPSA) is 23.5 Å². The van der Waals surface area contributed by atoms with E-state index in [2.05, 4.69) is 25.7 Å². The van der Waals surface area contributed by atoms with E-state index in [0.717, 1.165) is 25.3 Å². The summed E-state index contributed by atoms with van der Waals surface area (Å²) in [4.78, 5) is 2.39. The van der Waals surface area contributed by atoms with Crippen LogP contribution in [0.1, 0.15) is 40.0 Å². The zero-order valence-electron chi connectivity index (χ0n) is 9.87. The second-order valence-corrected chi connectivity index (χ2v) is 4.64. The second-order valence-electron chi connectivity index (χ2n) is 4.64. The Bertz CT molecular complexity index is 150. The van der Waals surface area contributed by atoms with Crippen molar-refractivity contribution in [2.75, 3.05) is 19.6 Å². The van der Waals surface area contributed by atoms with E-state index in [1.807, 2.05) is 0 Å². The van der Waals surface area contributed by atoms with Gasteiger partial charge in [0.25, 0.3) is 0 Å². The third-order valence-electron chi connectivity index (χ3n) is 3.65. The first kappa shape index (κ1) is 12.0. The average molecular weight is 199 g/mol. The highest BCUT2D eigenvalue weighted by atomic mass is 16.3. The minimum absolute atomic E-state index is 0.109. The van der Waals surface area contributed by atoms with Crippen molar-refractivity contribution in [3.8, 4) is 0 Å². The van der Waals surface area contributed by atoms with Gasteiger partial charge < -0.3 is 10.0 Å². The number of rotatable bonds is 6. The number of aliphatic hydroxyl groups is 1. The molecule has 1 aliphatic heterocycles. The standard InChI is InChI=1S/C12H25NO/c1-4-10-7-13(8-10)9-12(14)11(5-2)6-3/h10-12,14H,4-9H2,1-3H3. The van der Waals surface area contributed by atoms with E-state index in [4.69, 9.17) is 0 Å².